The number of hydrogen-bond donors (Lipinski definition) is 0. The van der Waals surface area contributed by atoms with Crippen LogP contribution in [-0.4, -0.2) is 9.97 Å². The highest BCUT2D eigenvalue weighted by atomic mass is 35.5. The fourth-order valence-electron chi connectivity index (χ4n) is 0.754. The molecule has 1 heterocycles. The molecule has 0 atom stereocenters. The molecule has 3 heteroatoms. The van der Waals surface area contributed by atoms with E-state index in [2.05, 4.69) is 9.97 Å². The van der Waals surface area contributed by atoms with Crippen molar-refractivity contribution in [2.75, 3.05) is 0 Å². The van der Waals surface area contributed by atoms with Gasteiger partial charge in [-0.3, -0.25) is 9.97 Å². The largest absolute Gasteiger partial charge is 0.256 e. The molecule has 1 aromatic rings. The summed E-state index contributed by atoms with van der Waals surface area (Å²) in [6.07, 6.45) is 1.73. The molecule has 0 saturated heterocycles. The van der Waals surface area contributed by atoms with E-state index in [4.69, 9.17) is 11.6 Å². The van der Waals surface area contributed by atoms with Gasteiger partial charge in [-0.1, -0.05) is 0 Å². The number of rotatable bonds is 1. The van der Waals surface area contributed by atoms with E-state index >= 15 is 0 Å². The van der Waals surface area contributed by atoms with Crippen molar-refractivity contribution in [3.05, 3.63) is 23.3 Å². The van der Waals surface area contributed by atoms with Crippen LogP contribution in [0.25, 0.3) is 0 Å². The number of aryl methyl sites for hydroxylation is 2. The van der Waals surface area contributed by atoms with Crippen LogP contribution in [0.2, 0.25) is 0 Å². The third-order valence-corrected chi connectivity index (χ3v) is 1.55. The summed E-state index contributed by atoms with van der Waals surface area (Å²) in [7, 11) is 0. The first-order valence-corrected chi connectivity index (χ1v) is 3.62. The maximum Gasteiger partial charge on any atom is 0.0763 e. The van der Waals surface area contributed by atoms with Crippen LogP contribution in [0.5, 0.6) is 0 Å². The second-order valence-electron chi connectivity index (χ2n) is 2.18. The van der Waals surface area contributed by atoms with Gasteiger partial charge < -0.3 is 0 Å². The molecular weight excluding hydrogens is 148 g/mol. The van der Waals surface area contributed by atoms with Gasteiger partial charge in [-0.2, -0.15) is 0 Å². The molecule has 1 aromatic heterocycles. The van der Waals surface area contributed by atoms with E-state index in [0.29, 0.717) is 5.88 Å². The van der Waals surface area contributed by atoms with Crippen molar-refractivity contribution in [2.45, 2.75) is 19.7 Å². The molecule has 0 saturated carbocycles. The van der Waals surface area contributed by atoms with E-state index in [-0.39, 0.29) is 0 Å². The van der Waals surface area contributed by atoms with Crippen LogP contribution < -0.4 is 0 Å². The van der Waals surface area contributed by atoms with E-state index in [0.717, 1.165) is 17.1 Å². The molecule has 0 N–H and O–H groups in total. The second kappa shape index (κ2) is 2.97. The van der Waals surface area contributed by atoms with Gasteiger partial charge in [-0.15, -0.1) is 11.6 Å². The number of nitrogens with zero attached hydrogens (tertiary/aromatic N) is 2. The average Bonchev–Trinajstić information content (AvgIpc) is 1.88. The van der Waals surface area contributed by atoms with Crippen molar-refractivity contribution in [1.29, 1.82) is 0 Å². The Balaban J connectivity index is 3.07. The number of aromatic nitrogens is 2. The van der Waals surface area contributed by atoms with Gasteiger partial charge in [0.1, 0.15) is 0 Å². The summed E-state index contributed by atoms with van der Waals surface area (Å²) >= 11 is 5.58. The highest BCUT2D eigenvalue weighted by Gasteiger charge is 1.97. The monoisotopic (exact) mass is 156 g/mol. The number of halogens is 1. The van der Waals surface area contributed by atoms with Gasteiger partial charge in [0.15, 0.2) is 0 Å². The van der Waals surface area contributed by atoms with E-state index in [1.165, 1.54) is 0 Å². The molecule has 0 bridgehead atoms. The summed E-state index contributed by atoms with van der Waals surface area (Å²) in [6.45, 7) is 3.83. The lowest BCUT2D eigenvalue weighted by atomic mass is 10.3. The molecule has 10 heavy (non-hydrogen) atoms. The predicted molar refractivity (Wildman–Crippen MR) is 41.1 cm³/mol. The summed E-state index contributed by atoms with van der Waals surface area (Å²) < 4.78 is 0. The second-order valence-corrected chi connectivity index (χ2v) is 2.44. The lowest BCUT2D eigenvalue weighted by Gasteiger charge is -1.98. The Bertz CT molecular complexity index is 235. The van der Waals surface area contributed by atoms with Crippen molar-refractivity contribution in [3.63, 3.8) is 0 Å². The Morgan fingerprint density at radius 3 is 2.70 bits per heavy atom. The minimum atomic E-state index is 0.444. The smallest absolute Gasteiger partial charge is 0.0763 e. The minimum absolute atomic E-state index is 0.444. The molecule has 2 nitrogen and oxygen atoms in total. The quantitative estimate of drug-likeness (QED) is 0.580. The maximum absolute atomic E-state index is 5.58. The van der Waals surface area contributed by atoms with Crippen LogP contribution in [0.15, 0.2) is 6.20 Å². The maximum atomic E-state index is 5.58. The van der Waals surface area contributed by atoms with Crippen LogP contribution in [0.1, 0.15) is 17.1 Å². The molecule has 0 aliphatic rings. The van der Waals surface area contributed by atoms with Crippen molar-refractivity contribution in [2.24, 2.45) is 0 Å². The fraction of sp³-hybridized carbons (Fsp3) is 0.429. The van der Waals surface area contributed by atoms with Crippen molar-refractivity contribution < 1.29 is 0 Å². The third-order valence-electron chi connectivity index (χ3n) is 1.30. The zero-order valence-corrected chi connectivity index (χ0v) is 6.81. The Hall–Kier alpha value is -0.630. The van der Waals surface area contributed by atoms with Crippen LogP contribution >= 0.6 is 11.6 Å². The van der Waals surface area contributed by atoms with Gasteiger partial charge in [0.25, 0.3) is 0 Å². The average molecular weight is 157 g/mol. The molecule has 54 valence electrons. The van der Waals surface area contributed by atoms with Crippen LogP contribution in [-0.2, 0) is 5.88 Å². The van der Waals surface area contributed by atoms with Gasteiger partial charge in [0, 0.05) is 6.20 Å². The van der Waals surface area contributed by atoms with Gasteiger partial charge >= 0.3 is 0 Å². The Morgan fingerprint density at radius 2 is 2.20 bits per heavy atom. The van der Waals surface area contributed by atoms with Crippen molar-refractivity contribution in [3.8, 4) is 0 Å². The summed E-state index contributed by atoms with van der Waals surface area (Å²) in [5, 5.41) is 0. The molecular formula is C7H9ClN2. The molecule has 0 aliphatic heterocycles. The molecule has 0 amide bonds. The van der Waals surface area contributed by atoms with Gasteiger partial charge in [-0.25, -0.2) is 0 Å². The Morgan fingerprint density at radius 1 is 1.50 bits per heavy atom. The lowest BCUT2D eigenvalue weighted by molar-refractivity contribution is 0.990. The highest BCUT2D eigenvalue weighted by Crippen LogP contribution is 2.04. The van der Waals surface area contributed by atoms with Crippen LogP contribution in [0, 0.1) is 13.8 Å². The van der Waals surface area contributed by atoms with Crippen LogP contribution in [0.3, 0.4) is 0 Å². The lowest BCUT2D eigenvalue weighted by Crippen LogP contribution is -1.95. The first-order chi connectivity index (χ1) is 4.74. The molecule has 0 aromatic carbocycles. The molecule has 0 radical (unpaired) electrons. The molecule has 0 fully saturated rings. The molecule has 1 rings (SSSR count). The predicted octanol–water partition coefficient (Wildman–Crippen LogP) is 1.83. The van der Waals surface area contributed by atoms with E-state index < -0.39 is 0 Å². The van der Waals surface area contributed by atoms with Gasteiger partial charge in [0.2, 0.25) is 0 Å². The molecule has 0 spiro atoms. The topological polar surface area (TPSA) is 25.8 Å². The van der Waals surface area contributed by atoms with Gasteiger partial charge in [0.05, 0.1) is 23.0 Å². The summed E-state index contributed by atoms with van der Waals surface area (Å²) in [6, 6.07) is 0. The van der Waals surface area contributed by atoms with Crippen molar-refractivity contribution >= 4 is 11.6 Å². The highest BCUT2D eigenvalue weighted by molar-refractivity contribution is 6.16. The Kier molecular flexibility index (Phi) is 2.22. The first kappa shape index (κ1) is 7.48. The number of hydrogen-bond acceptors (Lipinski definition) is 2. The van der Waals surface area contributed by atoms with Gasteiger partial charge in [-0.05, 0) is 13.8 Å². The SMILES string of the molecule is Cc1cnc(CCl)c(C)n1. The van der Waals surface area contributed by atoms with E-state index in [1.807, 2.05) is 13.8 Å². The zero-order chi connectivity index (χ0) is 7.56. The van der Waals surface area contributed by atoms with E-state index in [9.17, 15) is 0 Å². The van der Waals surface area contributed by atoms with Crippen molar-refractivity contribution in [1.82, 2.24) is 9.97 Å². The van der Waals surface area contributed by atoms with E-state index in [1.54, 1.807) is 6.20 Å². The summed E-state index contributed by atoms with van der Waals surface area (Å²) in [4.78, 5) is 8.30. The molecule has 0 aliphatic carbocycles. The number of alkyl halides is 1. The summed E-state index contributed by atoms with van der Waals surface area (Å²) in [5.41, 5.74) is 2.73. The normalized spacial score (nSPS) is 9.90. The standard InChI is InChI=1S/C7H9ClN2/c1-5-4-9-7(3-8)6(2)10-5/h4H,3H2,1-2H3. The minimum Gasteiger partial charge on any atom is -0.256 e. The molecule has 0 unspecified atom stereocenters. The zero-order valence-electron chi connectivity index (χ0n) is 6.06. The van der Waals surface area contributed by atoms with Crippen LogP contribution in [0.4, 0.5) is 0 Å². The fourth-order valence-corrected chi connectivity index (χ4v) is 1.02. The third kappa shape index (κ3) is 1.45. The first-order valence-electron chi connectivity index (χ1n) is 3.09. The summed E-state index contributed by atoms with van der Waals surface area (Å²) in [5.74, 6) is 0.444. The Labute approximate surface area is 65.3 Å².